The first-order valence-corrected chi connectivity index (χ1v) is 10.2. The van der Waals surface area contributed by atoms with Crippen LogP contribution in [0.5, 0.6) is 0 Å². The number of carbonyl (C=O) groups excluding carboxylic acids is 1. The molecule has 1 amide bonds. The van der Waals surface area contributed by atoms with E-state index in [9.17, 15) is 4.79 Å². The Balaban J connectivity index is 1.34. The molecule has 158 valence electrons. The van der Waals surface area contributed by atoms with E-state index in [2.05, 4.69) is 38.5 Å². The number of fused-ring (bicyclic) bond motifs is 1. The van der Waals surface area contributed by atoms with Crippen molar-refractivity contribution >= 4 is 16.9 Å². The molecular formula is C22H22N6O3. The third-order valence-electron chi connectivity index (χ3n) is 5.39. The molecule has 0 N–H and O–H groups in total. The maximum Gasteiger partial charge on any atom is 0.257 e. The van der Waals surface area contributed by atoms with Gasteiger partial charge in [0.1, 0.15) is 0 Å². The standard InChI is InChI=1S/C22H22N6O3/c1-14(2)28-13-24-17-11-16(3-4-18(17)28)22(29)27-9-10-30-19(12-27)21-25-20(26-31-21)15-5-7-23-8-6-15/h3-8,11,13-14,19H,9-10,12H2,1-2H3/t19-/m0/s1. The molecule has 0 aliphatic carbocycles. The summed E-state index contributed by atoms with van der Waals surface area (Å²) in [6, 6.07) is 9.57. The van der Waals surface area contributed by atoms with E-state index >= 15 is 0 Å². The Morgan fingerprint density at radius 2 is 2.03 bits per heavy atom. The highest BCUT2D eigenvalue weighted by molar-refractivity contribution is 5.97. The number of carbonyl (C=O) groups is 1. The smallest absolute Gasteiger partial charge is 0.257 e. The van der Waals surface area contributed by atoms with Crippen LogP contribution in [0, 0.1) is 0 Å². The number of hydrogen-bond acceptors (Lipinski definition) is 7. The second-order valence-electron chi connectivity index (χ2n) is 7.75. The summed E-state index contributed by atoms with van der Waals surface area (Å²) in [6.45, 7) is 5.44. The van der Waals surface area contributed by atoms with Gasteiger partial charge >= 0.3 is 0 Å². The molecule has 0 saturated carbocycles. The molecule has 0 unspecified atom stereocenters. The predicted molar refractivity (Wildman–Crippen MR) is 112 cm³/mol. The minimum Gasteiger partial charge on any atom is -0.365 e. The molecule has 0 bridgehead atoms. The van der Waals surface area contributed by atoms with Crippen LogP contribution in [0.1, 0.15) is 42.2 Å². The van der Waals surface area contributed by atoms with Crippen molar-refractivity contribution in [2.24, 2.45) is 0 Å². The Hall–Kier alpha value is -3.59. The van der Waals surface area contributed by atoms with Gasteiger partial charge in [-0.3, -0.25) is 9.78 Å². The predicted octanol–water partition coefficient (Wildman–Crippen LogP) is 3.28. The number of amides is 1. The lowest BCUT2D eigenvalue weighted by molar-refractivity contribution is -0.0367. The van der Waals surface area contributed by atoms with Crippen molar-refractivity contribution in [3.05, 3.63) is 60.5 Å². The SMILES string of the molecule is CC(C)n1cnc2cc(C(=O)N3CCO[C@H](c4nc(-c5ccncc5)no4)C3)ccc21. The summed E-state index contributed by atoms with van der Waals surface area (Å²) < 4.78 is 13.3. The molecule has 1 aromatic carbocycles. The van der Waals surface area contributed by atoms with Crippen molar-refractivity contribution in [3.8, 4) is 11.4 Å². The third kappa shape index (κ3) is 3.68. The fraction of sp³-hybridized carbons (Fsp3) is 0.318. The lowest BCUT2D eigenvalue weighted by atomic mass is 10.1. The molecule has 4 heterocycles. The van der Waals surface area contributed by atoms with Gasteiger partial charge in [0.25, 0.3) is 11.8 Å². The number of ether oxygens (including phenoxy) is 1. The fourth-order valence-corrected chi connectivity index (χ4v) is 3.73. The molecule has 1 saturated heterocycles. The lowest BCUT2D eigenvalue weighted by Crippen LogP contribution is -2.42. The summed E-state index contributed by atoms with van der Waals surface area (Å²) in [4.78, 5) is 27.8. The average molecular weight is 418 g/mol. The van der Waals surface area contributed by atoms with E-state index in [1.807, 2.05) is 36.7 Å². The van der Waals surface area contributed by atoms with Gasteiger partial charge in [-0.15, -0.1) is 0 Å². The Bertz CT molecular complexity index is 1220. The van der Waals surface area contributed by atoms with Crippen LogP contribution in [-0.4, -0.2) is 55.2 Å². The molecule has 1 aliphatic heterocycles. The van der Waals surface area contributed by atoms with Crippen LogP contribution in [-0.2, 0) is 4.74 Å². The van der Waals surface area contributed by atoms with Gasteiger partial charge in [-0.05, 0) is 44.2 Å². The monoisotopic (exact) mass is 418 g/mol. The highest BCUT2D eigenvalue weighted by Gasteiger charge is 2.30. The highest BCUT2D eigenvalue weighted by Crippen LogP contribution is 2.25. The van der Waals surface area contributed by atoms with Crippen LogP contribution < -0.4 is 0 Å². The van der Waals surface area contributed by atoms with Crippen molar-refractivity contribution < 1.29 is 14.1 Å². The van der Waals surface area contributed by atoms with Gasteiger partial charge in [-0.2, -0.15) is 4.98 Å². The van der Waals surface area contributed by atoms with Crippen molar-refractivity contribution in [3.63, 3.8) is 0 Å². The van der Waals surface area contributed by atoms with E-state index in [4.69, 9.17) is 9.26 Å². The van der Waals surface area contributed by atoms with Crippen LogP contribution in [0.3, 0.4) is 0 Å². The molecule has 0 radical (unpaired) electrons. The second kappa shape index (κ2) is 7.92. The molecule has 9 nitrogen and oxygen atoms in total. The second-order valence-corrected chi connectivity index (χ2v) is 7.75. The van der Waals surface area contributed by atoms with Gasteiger partial charge in [0.15, 0.2) is 6.10 Å². The van der Waals surface area contributed by atoms with Gasteiger partial charge < -0.3 is 18.7 Å². The largest absolute Gasteiger partial charge is 0.365 e. The first kappa shape index (κ1) is 19.4. The molecule has 1 aliphatic rings. The molecule has 3 aromatic heterocycles. The Morgan fingerprint density at radius 1 is 1.19 bits per heavy atom. The van der Waals surface area contributed by atoms with Crippen LogP contribution in [0.4, 0.5) is 0 Å². The van der Waals surface area contributed by atoms with E-state index in [1.165, 1.54) is 0 Å². The number of pyridine rings is 1. The van der Waals surface area contributed by atoms with Gasteiger partial charge in [-0.1, -0.05) is 5.16 Å². The first-order valence-electron chi connectivity index (χ1n) is 10.2. The number of morpholine rings is 1. The number of rotatable bonds is 4. The molecule has 5 rings (SSSR count). The minimum absolute atomic E-state index is 0.0665. The third-order valence-corrected chi connectivity index (χ3v) is 5.39. The van der Waals surface area contributed by atoms with E-state index in [0.717, 1.165) is 16.6 Å². The minimum atomic E-state index is -0.468. The lowest BCUT2D eigenvalue weighted by Gasteiger charge is -2.31. The molecule has 9 heteroatoms. The van der Waals surface area contributed by atoms with E-state index in [0.29, 0.717) is 43.0 Å². The highest BCUT2D eigenvalue weighted by atomic mass is 16.5. The van der Waals surface area contributed by atoms with Crippen LogP contribution >= 0.6 is 0 Å². The first-order chi connectivity index (χ1) is 15.1. The van der Waals surface area contributed by atoms with Crippen molar-refractivity contribution in [2.75, 3.05) is 19.7 Å². The average Bonchev–Trinajstić information content (AvgIpc) is 3.46. The number of hydrogen-bond donors (Lipinski definition) is 0. The summed E-state index contributed by atoms with van der Waals surface area (Å²) in [5, 5.41) is 4.03. The van der Waals surface area contributed by atoms with Gasteiger partial charge in [-0.25, -0.2) is 4.98 Å². The summed E-state index contributed by atoms with van der Waals surface area (Å²) in [5.41, 5.74) is 3.23. The quantitative estimate of drug-likeness (QED) is 0.501. The number of benzene rings is 1. The Kier molecular flexibility index (Phi) is 4.95. The van der Waals surface area contributed by atoms with E-state index in [-0.39, 0.29) is 5.91 Å². The van der Waals surface area contributed by atoms with Crippen LogP contribution in [0.2, 0.25) is 0 Å². The van der Waals surface area contributed by atoms with Gasteiger partial charge in [0, 0.05) is 36.1 Å². The number of imidazole rings is 1. The van der Waals surface area contributed by atoms with E-state index < -0.39 is 6.10 Å². The van der Waals surface area contributed by atoms with Crippen LogP contribution in [0.15, 0.2) is 53.6 Å². The molecule has 0 spiro atoms. The maximum absolute atomic E-state index is 13.1. The molecule has 31 heavy (non-hydrogen) atoms. The zero-order chi connectivity index (χ0) is 21.4. The molecule has 4 aromatic rings. The Labute approximate surface area is 178 Å². The maximum atomic E-state index is 13.1. The summed E-state index contributed by atoms with van der Waals surface area (Å²) >= 11 is 0. The molecule has 1 atom stereocenters. The molecule has 1 fully saturated rings. The van der Waals surface area contributed by atoms with Gasteiger partial charge in [0.2, 0.25) is 5.82 Å². The van der Waals surface area contributed by atoms with Crippen LogP contribution in [0.25, 0.3) is 22.4 Å². The zero-order valence-corrected chi connectivity index (χ0v) is 17.3. The zero-order valence-electron chi connectivity index (χ0n) is 17.3. The van der Waals surface area contributed by atoms with Gasteiger partial charge in [0.05, 0.1) is 30.5 Å². The summed E-state index contributed by atoms with van der Waals surface area (Å²) in [6.07, 6.45) is 4.68. The fourth-order valence-electron chi connectivity index (χ4n) is 3.73. The topological polar surface area (TPSA) is 99.2 Å². The number of aromatic nitrogens is 5. The summed E-state index contributed by atoms with van der Waals surface area (Å²) in [7, 11) is 0. The summed E-state index contributed by atoms with van der Waals surface area (Å²) in [5.74, 6) is 0.759. The Morgan fingerprint density at radius 3 is 2.84 bits per heavy atom. The van der Waals surface area contributed by atoms with Crippen molar-refractivity contribution in [1.82, 2.24) is 29.6 Å². The van der Waals surface area contributed by atoms with Crippen molar-refractivity contribution in [1.29, 1.82) is 0 Å². The normalized spacial score (nSPS) is 16.9. The van der Waals surface area contributed by atoms with Crippen molar-refractivity contribution in [2.45, 2.75) is 26.0 Å². The number of nitrogens with zero attached hydrogens (tertiary/aromatic N) is 6. The van der Waals surface area contributed by atoms with E-state index in [1.54, 1.807) is 17.3 Å². The molecular weight excluding hydrogens is 396 g/mol.